The van der Waals surface area contributed by atoms with E-state index in [1.54, 1.807) is 30.5 Å². The molecule has 8 heteroatoms. The standard InChI is InChI=1S/C27H34N2O4S2/c1-20-15-21(18-29(20)24-7-12-27-22(16-24)5-3-6-23(27)17-28)19-33-25-8-10-26(11-9-25)35(31,32)14-4-13-34(2)30/h3,5-6,8-11,20-21,24H,4,7,12-16,18-19H2,1-2H3/t20-,21+,24?,34?/m1/s1. The maximum Gasteiger partial charge on any atom is 0.178 e. The normalized spacial score (nSPS) is 23.4. The lowest BCUT2D eigenvalue weighted by atomic mass is 9.85. The molecule has 0 bridgehead atoms. The third-order valence-electron chi connectivity index (χ3n) is 7.27. The Morgan fingerprint density at radius 2 is 2.00 bits per heavy atom. The Balaban J connectivity index is 1.29. The summed E-state index contributed by atoms with van der Waals surface area (Å²) in [4.78, 5) is 2.89. The van der Waals surface area contributed by atoms with E-state index in [0.29, 0.717) is 42.5 Å². The lowest BCUT2D eigenvalue weighted by Gasteiger charge is -2.35. The van der Waals surface area contributed by atoms with E-state index < -0.39 is 21.0 Å². The summed E-state index contributed by atoms with van der Waals surface area (Å²) in [5.74, 6) is 1.51. The van der Waals surface area contributed by atoms with E-state index in [4.69, 9.17) is 4.74 Å². The molecule has 0 spiro atoms. The zero-order valence-corrected chi connectivity index (χ0v) is 22.1. The average Bonchev–Trinajstić information content (AvgIpc) is 3.22. The van der Waals surface area contributed by atoms with Crippen LogP contribution in [0.4, 0.5) is 0 Å². The minimum atomic E-state index is -3.37. The minimum absolute atomic E-state index is 0.00600. The van der Waals surface area contributed by atoms with E-state index in [1.807, 2.05) is 12.1 Å². The highest BCUT2D eigenvalue weighted by atomic mass is 32.2. The van der Waals surface area contributed by atoms with Gasteiger partial charge in [0.15, 0.2) is 9.84 Å². The van der Waals surface area contributed by atoms with Gasteiger partial charge in [-0.15, -0.1) is 0 Å². The van der Waals surface area contributed by atoms with Crippen molar-refractivity contribution in [1.29, 1.82) is 5.26 Å². The summed E-state index contributed by atoms with van der Waals surface area (Å²) >= 11 is -0.982. The molecule has 0 amide bonds. The second kappa shape index (κ2) is 11.3. The number of sulfone groups is 1. The highest BCUT2D eigenvalue weighted by Crippen LogP contribution is 2.33. The number of nitrogens with zero attached hydrogens (tertiary/aromatic N) is 2. The molecular formula is C27H34N2O4S2. The molecule has 1 aliphatic carbocycles. The molecule has 1 heterocycles. The first-order valence-corrected chi connectivity index (χ1v) is 15.7. The third-order valence-corrected chi connectivity index (χ3v) is 9.95. The summed E-state index contributed by atoms with van der Waals surface area (Å²) in [6.45, 7) is 3.89. The Morgan fingerprint density at radius 1 is 1.23 bits per heavy atom. The Labute approximate surface area is 212 Å². The molecule has 0 N–H and O–H groups in total. The van der Waals surface area contributed by atoms with Gasteiger partial charge in [0.2, 0.25) is 0 Å². The monoisotopic (exact) mass is 514 g/mol. The summed E-state index contributed by atoms with van der Waals surface area (Å²) in [6.07, 6.45) is 6.09. The molecule has 0 saturated carbocycles. The van der Waals surface area contributed by atoms with Gasteiger partial charge < -0.3 is 9.29 Å². The third kappa shape index (κ3) is 6.39. The van der Waals surface area contributed by atoms with Crippen LogP contribution in [-0.2, 0) is 33.9 Å². The van der Waals surface area contributed by atoms with Crippen LogP contribution in [0.15, 0.2) is 47.4 Å². The first-order chi connectivity index (χ1) is 16.8. The Bertz CT molecular complexity index is 1160. The smallest absolute Gasteiger partial charge is 0.178 e. The van der Waals surface area contributed by atoms with Crippen molar-refractivity contribution in [3.63, 3.8) is 0 Å². The van der Waals surface area contributed by atoms with Gasteiger partial charge in [-0.25, -0.2) is 8.42 Å². The average molecular weight is 515 g/mol. The fourth-order valence-electron chi connectivity index (χ4n) is 5.50. The van der Waals surface area contributed by atoms with Crippen LogP contribution in [-0.4, -0.2) is 60.9 Å². The molecule has 1 aliphatic heterocycles. The van der Waals surface area contributed by atoms with Gasteiger partial charge in [-0.1, -0.05) is 23.3 Å². The maximum absolute atomic E-state index is 12.5. The first-order valence-electron chi connectivity index (χ1n) is 12.3. The van der Waals surface area contributed by atoms with Crippen LogP contribution < -0.4 is 4.74 Å². The number of nitriles is 1. The fourth-order valence-corrected chi connectivity index (χ4v) is 7.55. The van der Waals surface area contributed by atoms with Crippen molar-refractivity contribution in [3.8, 4) is 11.8 Å². The SMILES string of the molecule is C[C@@H]1C[C@H](COc2ccc(S(=O)(=O)CCC[S+](C)[O-])cc2)CN1C1CCc2c(C#N)cccc2C1. The van der Waals surface area contributed by atoms with Crippen LogP contribution in [0.5, 0.6) is 5.75 Å². The predicted molar refractivity (Wildman–Crippen MR) is 139 cm³/mol. The summed E-state index contributed by atoms with van der Waals surface area (Å²) in [5.41, 5.74) is 3.35. The van der Waals surface area contributed by atoms with Gasteiger partial charge in [-0.2, -0.15) is 5.26 Å². The van der Waals surface area contributed by atoms with E-state index in [2.05, 4.69) is 24.0 Å². The van der Waals surface area contributed by atoms with Gasteiger partial charge in [0.1, 0.15) is 11.5 Å². The van der Waals surface area contributed by atoms with Gasteiger partial charge in [0, 0.05) is 31.0 Å². The van der Waals surface area contributed by atoms with Crippen molar-refractivity contribution >= 4 is 21.0 Å². The number of hydrogen-bond donors (Lipinski definition) is 0. The van der Waals surface area contributed by atoms with Crippen molar-refractivity contribution in [2.45, 2.75) is 56.0 Å². The van der Waals surface area contributed by atoms with Crippen LogP contribution in [0, 0.1) is 17.2 Å². The zero-order valence-electron chi connectivity index (χ0n) is 20.5. The van der Waals surface area contributed by atoms with Gasteiger partial charge >= 0.3 is 0 Å². The maximum atomic E-state index is 12.5. The number of benzene rings is 2. The van der Waals surface area contributed by atoms with Crippen molar-refractivity contribution in [1.82, 2.24) is 4.90 Å². The molecule has 188 valence electrons. The molecule has 2 unspecified atom stereocenters. The zero-order chi connectivity index (χ0) is 25.0. The molecule has 2 aromatic carbocycles. The number of rotatable bonds is 9. The molecule has 0 aromatic heterocycles. The lowest BCUT2D eigenvalue weighted by molar-refractivity contribution is 0.164. The van der Waals surface area contributed by atoms with Gasteiger partial charge in [0.25, 0.3) is 0 Å². The van der Waals surface area contributed by atoms with Gasteiger partial charge in [0.05, 0.1) is 35.1 Å². The molecule has 4 rings (SSSR count). The predicted octanol–water partition coefficient (Wildman–Crippen LogP) is 3.75. The summed E-state index contributed by atoms with van der Waals surface area (Å²) in [7, 11) is -3.37. The molecule has 1 saturated heterocycles. The van der Waals surface area contributed by atoms with Crippen LogP contribution in [0.2, 0.25) is 0 Å². The second-order valence-corrected chi connectivity index (χ2v) is 13.5. The quantitative estimate of drug-likeness (QED) is 0.473. The number of ether oxygens (including phenoxy) is 1. The lowest BCUT2D eigenvalue weighted by Crippen LogP contribution is -2.41. The molecule has 0 radical (unpaired) electrons. The van der Waals surface area contributed by atoms with Crippen molar-refractivity contribution in [2.24, 2.45) is 5.92 Å². The van der Waals surface area contributed by atoms with Crippen LogP contribution in [0.3, 0.4) is 0 Å². The van der Waals surface area contributed by atoms with E-state index >= 15 is 0 Å². The Kier molecular flexibility index (Phi) is 8.43. The molecule has 4 atom stereocenters. The summed E-state index contributed by atoms with van der Waals surface area (Å²) < 4.78 is 42.2. The molecular weight excluding hydrogens is 480 g/mol. The van der Waals surface area contributed by atoms with Crippen molar-refractivity contribution < 1.29 is 17.7 Å². The second-order valence-electron chi connectivity index (χ2n) is 9.83. The number of fused-ring (bicyclic) bond motifs is 1. The van der Waals surface area contributed by atoms with Crippen LogP contribution >= 0.6 is 0 Å². The number of likely N-dealkylation sites (tertiary alicyclic amines) is 1. The fraction of sp³-hybridized carbons (Fsp3) is 0.519. The highest BCUT2D eigenvalue weighted by Gasteiger charge is 2.36. The van der Waals surface area contributed by atoms with Crippen molar-refractivity contribution in [2.75, 3.05) is 30.9 Å². The minimum Gasteiger partial charge on any atom is -0.617 e. The van der Waals surface area contributed by atoms with Gasteiger partial charge in [-0.05, 0) is 74.1 Å². The summed E-state index contributed by atoms with van der Waals surface area (Å²) in [6, 6.07) is 16.1. The van der Waals surface area contributed by atoms with E-state index in [9.17, 15) is 18.2 Å². The van der Waals surface area contributed by atoms with E-state index in [1.165, 1.54) is 11.1 Å². The Hall–Kier alpha value is -2.05. The van der Waals surface area contributed by atoms with E-state index in [0.717, 1.165) is 37.8 Å². The van der Waals surface area contributed by atoms with E-state index in [-0.39, 0.29) is 10.6 Å². The topological polar surface area (TPSA) is 93.5 Å². The molecule has 6 nitrogen and oxygen atoms in total. The number of hydrogen-bond acceptors (Lipinski definition) is 6. The highest BCUT2D eigenvalue weighted by molar-refractivity contribution is 7.92. The van der Waals surface area contributed by atoms with Gasteiger partial charge in [-0.3, -0.25) is 4.90 Å². The largest absolute Gasteiger partial charge is 0.617 e. The summed E-state index contributed by atoms with van der Waals surface area (Å²) in [5, 5.41) is 9.39. The molecule has 2 aliphatic rings. The van der Waals surface area contributed by atoms with Crippen LogP contribution in [0.1, 0.15) is 42.9 Å². The Morgan fingerprint density at radius 3 is 2.71 bits per heavy atom. The van der Waals surface area contributed by atoms with Crippen molar-refractivity contribution in [3.05, 3.63) is 59.2 Å². The van der Waals surface area contributed by atoms with Crippen LogP contribution in [0.25, 0.3) is 0 Å². The molecule has 35 heavy (non-hydrogen) atoms. The first kappa shape index (κ1) is 26.0. The molecule has 2 aromatic rings. The molecule has 1 fully saturated rings.